The summed E-state index contributed by atoms with van der Waals surface area (Å²) in [5.74, 6) is 0.336. The second-order valence-electron chi connectivity index (χ2n) is 5.49. The number of carbonyl (C=O) groups excluding carboxylic acids is 1. The van der Waals surface area contributed by atoms with Gasteiger partial charge in [-0.05, 0) is 44.0 Å². The van der Waals surface area contributed by atoms with Gasteiger partial charge >= 0.3 is 0 Å². The van der Waals surface area contributed by atoms with Gasteiger partial charge in [0.05, 0.1) is 12.6 Å². The van der Waals surface area contributed by atoms with E-state index in [1.54, 1.807) is 0 Å². The molecule has 0 aliphatic rings. The largest absolute Gasteiger partial charge is 0.394 e. The Morgan fingerprint density at radius 2 is 2.00 bits per heavy atom. The molecule has 0 aliphatic heterocycles. The summed E-state index contributed by atoms with van der Waals surface area (Å²) in [5, 5.41) is 15.4. The maximum atomic E-state index is 12.3. The summed E-state index contributed by atoms with van der Waals surface area (Å²) in [7, 11) is 1.90. The predicted molar refractivity (Wildman–Crippen MR) is 81.9 cm³/mol. The first-order valence-corrected chi connectivity index (χ1v) is 7.22. The van der Waals surface area contributed by atoms with Crippen LogP contribution < -0.4 is 10.6 Å². The highest BCUT2D eigenvalue weighted by molar-refractivity contribution is 5.95. The first kappa shape index (κ1) is 16.7. The van der Waals surface area contributed by atoms with E-state index in [1.807, 2.05) is 31.3 Å². The Morgan fingerprint density at radius 1 is 1.30 bits per heavy atom. The molecule has 0 aliphatic carbocycles. The fourth-order valence-electron chi connectivity index (χ4n) is 2.23. The third-order valence-electron chi connectivity index (χ3n) is 3.22. The molecule has 0 saturated carbocycles. The monoisotopic (exact) mass is 278 g/mol. The van der Waals surface area contributed by atoms with Gasteiger partial charge in [0, 0.05) is 5.56 Å². The minimum absolute atomic E-state index is 0.0252. The molecule has 0 saturated heterocycles. The van der Waals surface area contributed by atoms with E-state index in [2.05, 4.69) is 24.5 Å². The van der Waals surface area contributed by atoms with Gasteiger partial charge in [-0.1, -0.05) is 32.0 Å². The van der Waals surface area contributed by atoms with E-state index < -0.39 is 0 Å². The molecule has 0 spiro atoms. The number of rotatable bonds is 8. The van der Waals surface area contributed by atoms with Crippen molar-refractivity contribution in [1.29, 1.82) is 0 Å². The van der Waals surface area contributed by atoms with Crippen molar-refractivity contribution in [3.63, 3.8) is 0 Å². The van der Waals surface area contributed by atoms with Crippen LogP contribution in [0.15, 0.2) is 24.3 Å². The van der Waals surface area contributed by atoms with E-state index in [4.69, 9.17) is 0 Å². The SMILES string of the molecule is CNCCc1ccccc1C(=O)NC(CO)CC(C)C. The summed E-state index contributed by atoms with van der Waals surface area (Å²) in [6.45, 7) is 4.97. The van der Waals surface area contributed by atoms with Gasteiger partial charge in [-0.3, -0.25) is 4.79 Å². The summed E-state index contributed by atoms with van der Waals surface area (Å²) >= 11 is 0. The highest BCUT2D eigenvalue weighted by atomic mass is 16.3. The van der Waals surface area contributed by atoms with Gasteiger partial charge in [0.25, 0.3) is 5.91 Å². The number of carbonyl (C=O) groups is 1. The molecule has 0 radical (unpaired) electrons. The number of aliphatic hydroxyl groups excluding tert-OH is 1. The lowest BCUT2D eigenvalue weighted by Crippen LogP contribution is -2.38. The van der Waals surface area contributed by atoms with Crippen LogP contribution in [0.4, 0.5) is 0 Å². The Morgan fingerprint density at radius 3 is 2.60 bits per heavy atom. The zero-order valence-corrected chi connectivity index (χ0v) is 12.6. The van der Waals surface area contributed by atoms with Crippen LogP contribution in [0.25, 0.3) is 0 Å². The molecule has 1 amide bonds. The number of nitrogens with one attached hydrogen (secondary N) is 2. The normalized spacial score (nSPS) is 12.4. The zero-order chi connectivity index (χ0) is 15.0. The van der Waals surface area contributed by atoms with Crippen molar-refractivity contribution < 1.29 is 9.90 Å². The molecular formula is C16H26N2O2. The quantitative estimate of drug-likeness (QED) is 0.676. The molecule has 1 unspecified atom stereocenters. The molecule has 0 heterocycles. The van der Waals surface area contributed by atoms with Crippen LogP contribution in [0, 0.1) is 5.92 Å². The minimum atomic E-state index is -0.181. The number of hydrogen-bond donors (Lipinski definition) is 3. The fraction of sp³-hybridized carbons (Fsp3) is 0.562. The summed E-state index contributed by atoms with van der Waals surface area (Å²) in [6.07, 6.45) is 1.59. The standard InChI is InChI=1S/C16H26N2O2/c1-12(2)10-14(11-19)18-16(20)15-7-5-4-6-13(15)8-9-17-3/h4-7,12,14,17,19H,8-11H2,1-3H3,(H,18,20). The molecule has 3 N–H and O–H groups in total. The average Bonchev–Trinajstić information content (AvgIpc) is 2.44. The van der Waals surface area contributed by atoms with Crippen LogP contribution in [0.5, 0.6) is 0 Å². The maximum Gasteiger partial charge on any atom is 0.251 e. The summed E-state index contributed by atoms with van der Waals surface area (Å²) in [5.41, 5.74) is 1.73. The predicted octanol–water partition coefficient (Wildman–Crippen LogP) is 1.59. The first-order chi connectivity index (χ1) is 9.58. The lowest BCUT2D eigenvalue weighted by Gasteiger charge is -2.19. The van der Waals surface area contributed by atoms with Gasteiger partial charge in [-0.15, -0.1) is 0 Å². The molecule has 0 bridgehead atoms. The van der Waals surface area contributed by atoms with Gasteiger partial charge < -0.3 is 15.7 Å². The highest BCUT2D eigenvalue weighted by Crippen LogP contribution is 2.11. The zero-order valence-electron chi connectivity index (χ0n) is 12.6. The van der Waals surface area contributed by atoms with Crippen molar-refractivity contribution >= 4 is 5.91 Å². The topological polar surface area (TPSA) is 61.4 Å². The molecule has 1 rings (SSSR count). The molecule has 0 fully saturated rings. The summed E-state index contributed by atoms with van der Waals surface area (Å²) in [4.78, 5) is 12.3. The average molecular weight is 278 g/mol. The van der Waals surface area contributed by atoms with Gasteiger partial charge in [-0.25, -0.2) is 0 Å². The summed E-state index contributed by atoms with van der Waals surface area (Å²) in [6, 6.07) is 7.44. The van der Waals surface area contributed by atoms with Gasteiger partial charge in [0.1, 0.15) is 0 Å². The molecule has 1 aromatic carbocycles. The van der Waals surface area contributed by atoms with E-state index in [1.165, 1.54) is 0 Å². The van der Waals surface area contributed by atoms with Crippen molar-refractivity contribution in [3.8, 4) is 0 Å². The first-order valence-electron chi connectivity index (χ1n) is 7.22. The smallest absolute Gasteiger partial charge is 0.251 e. The van der Waals surface area contributed by atoms with Crippen LogP contribution in [-0.4, -0.2) is 37.3 Å². The Bertz CT molecular complexity index is 419. The van der Waals surface area contributed by atoms with Crippen LogP contribution in [0.1, 0.15) is 36.2 Å². The van der Waals surface area contributed by atoms with Crippen LogP contribution >= 0.6 is 0 Å². The summed E-state index contributed by atoms with van der Waals surface area (Å²) < 4.78 is 0. The molecule has 4 heteroatoms. The molecule has 112 valence electrons. The molecule has 20 heavy (non-hydrogen) atoms. The maximum absolute atomic E-state index is 12.3. The van der Waals surface area contributed by atoms with Crippen molar-refractivity contribution in [1.82, 2.24) is 10.6 Å². The lowest BCUT2D eigenvalue weighted by molar-refractivity contribution is 0.0907. The second kappa shape index (κ2) is 8.72. The number of benzene rings is 1. The van der Waals surface area contributed by atoms with Gasteiger partial charge in [0.15, 0.2) is 0 Å². The molecular weight excluding hydrogens is 252 g/mol. The van der Waals surface area contributed by atoms with E-state index >= 15 is 0 Å². The van der Waals surface area contributed by atoms with Crippen molar-refractivity contribution in [2.75, 3.05) is 20.2 Å². The number of amides is 1. The van der Waals surface area contributed by atoms with E-state index in [9.17, 15) is 9.90 Å². The van der Waals surface area contributed by atoms with E-state index in [0.29, 0.717) is 11.5 Å². The van der Waals surface area contributed by atoms with Gasteiger partial charge in [-0.2, -0.15) is 0 Å². The number of hydrogen-bond acceptors (Lipinski definition) is 3. The highest BCUT2D eigenvalue weighted by Gasteiger charge is 2.16. The van der Waals surface area contributed by atoms with Crippen LogP contribution in [0.2, 0.25) is 0 Å². The second-order valence-corrected chi connectivity index (χ2v) is 5.49. The fourth-order valence-corrected chi connectivity index (χ4v) is 2.23. The van der Waals surface area contributed by atoms with Crippen molar-refractivity contribution in [2.45, 2.75) is 32.7 Å². The third kappa shape index (κ3) is 5.31. The molecule has 4 nitrogen and oxygen atoms in total. The van der Waals surface area contributed by atoms with Crippen LogP contribution in [0.3, 0.4) is 0 Å². The third-order valence-corrected chi connectivity index (χ3v) is 3.22. The Kier molecular flexibility index (Phi) is 7.26. The Balaban J connectivity index is 2.75. The van der Waals surface area contributed by atoms with Crippen molar-refractivity contribution in [3.05, 3.63) is 35.4 Å². The molecule has 1 atom stereocenters. The number of likely N-dealkylation sites (N-methyl/N-ethyl adjacent to an activating group) is 1. The minimum Gasteiger partial charge on any atom is -0.394 e. The van der Waals surface area contributed by atoms with Gasteiger partial charge in [0.2, 0.25) is 0 Å². The Hall–Kier alpha value is -1.39. The number of aliphatic hydroxyl groups is 1. The van der Waals surface area contributed by atoms with E-state index in [0.717, 1.165) is 24.9 Å². The molecule has 0 aromatic heterocycles. The Labute approximate surface area is 121 Å². The van der Waals surface area contributed by atoms with E-state index in [-0.39, 0.29) is 18.6 Å². The molecule has 1 aromatic rings. The lowest BCUT2D eigenvalue weighted by atomic mass is 10.0. The van der Waals surface area contributed by atoms with Crippen molar-refractivity contribution in [2.24, 2.45) is 5.92 Å². The van der Waals surface area contributed by atoms with Crippen LogP contribution in [-0.2, 0) is 6.42 Å².